The number of nitrogens with zero attached hydrogens (tertiary/aromatic N) is 1. The molecule has 5 heteroatoms. The topological polar surface area (TPSA) is 70.5 Å². The second-order valence-corrected chi connectivity index (χ2v) is 5.27. The minimum Gasteiger partial charge on any atom is -0.492 e. The van der Waals surface area contributed by atoms with E-state index in [1.54, 1.807) is 6.26 Å². The third-order valence-electron chi connectivity index (χ3n) is 3.43. The molecule has 0 fully saturated rings. The Morgan fingerprint density at radius 1 is 0.958 bits per heavy atom. The lowest BCUT2D eigenvalue weighted by Gasteiger charge is -2.04. The third-order valence-corrected chi connectivity index (χ3v) is 3.43. The highest BCUT2D eigenvalue weighted by molar-refractivity contribution is 5.58. The summed E-state index contributed by atoms with van der Waals surface area (Å²) in [4.78, 5) is 4.45. The molecule has 0 bridgehead atoms. The molecule has 3 aromatic rings. The van der Waals surface area contributed by atoms with E-state index >= 15 is 0 Å². The van der Waals surface area contributed by atoms with Crippen molar-refractivity contribution in [3.05, 3.63) is 72.3 Å². The quantitative estimate of drug-likeness (QED) is 0.687. The van der Waals surface area contributed by atoms with Crippen molar-refractivity contribution in [1.29, 1.82) is 0 Å². The van der Waals surface area contributed by atoms with E-state index in [0.717, 1.165) is 22.6 Å². The summed E-state index contributed by atoms with van der Waals surface area (Å²) in [5.74, 6) is 1.35. The molecule has 0 aliphatic carbocycles. The fraction of sp³-hybridized carbons (Fsp3) is 0.211. The van der Waals surface area contributed by atoms with E-state index in [1.807, 2.05) is 54.6 Å². The monoisotopic (exact) mass is 324 g/mol. The van der Waals surface area contributed by atoms with Crippen LogP contribution in [0.3, 0.4) is 0 Å². The van der Waals surface area contributed by atoms with E-state index in [-0.39, 0.29) is 0 Å². The van der Waals surface area contributed by atoms with Crippen LogP contribution in [0.5, 0.6) is 5.75 Å². The van der Waals surface area contributed by atoms with Crippen LogP contribution in [0.1, 0.15) is 11.5 Å². The Hall–Kier alpha value is -2.63. The minimum atomic E-state index is 0.340. The summed E-state index contributed by atoms with van der Waals surface area (Å²) in [5, 5.41) is 0. The van der Waals surface area contributed by atoms with Gasteiger partial charge in [-0.1, -0.05) is 30.3 Å². The number of nitrogens with two attached hydrogens (primary N) is 1. The predicted molar refractivity (Wildman–Crippen MR) is 91.4 cm³/mol. The molecule has 0 amide bonds. The third kappa shape index (κ3) is 4.44. The summed E-state index contributed by atoms with van der Waals surface area (Å²) >= 11 is 0. The first kappa shape index (κ1) is 16.2. The van der Waals surface area contributed by atoms with Gasteiger partial charge in [-0.2, -0.15) is 0 Å². The maximum atomic E-state index is 5.63. The van der Waals surface area contributed by atoms with Gasteiger partial charge >= 0.3 is 0 Å². The molecule has 0 radical (unpaired) electrons. The highest BCUT2D eigenvalue weighted by atomic mass is 16.5. The molecule has 0 spiro atoms. The van der Waals surface area contributed by atoms with Crippen LogP contribution in [0.2, 0.25) is 0 Å². The smallest absolute Gasteiger partial charge is 0.220 e. The van der Waals surface area contributed by atoms with Crippen LogP contribution in [0.25, 0.3) is 11.3 Å². The summed E-state index contributed by atoms with van der Waals surface area (Å²) in [6, 6.07) is 17.7. The number of oxazole rings is 1. The minimum absolute atomic E-state index is 0.340. The Morgan fingerprint density at radius 3 is 2.50 bits per heavy atom. The molecular weight excluding hydrogens is 304 g/mol. The second-order valence-electron chi connectivity index (χ2n) is 5.27. The molecule has 0 aliphatic heterocycles. The van der Waals surface area contributed by atoms with Crippen LogP contribution < -0.4 is 10.5 Å². The summed E-state index contributed by atoms with van der Waals surface area (Å²) in [6.45, 7) is 1.88. The number of aromatic nitrogens is 1. The molecule has 0 unspecified atom stereocenters. The van der Waals surface area contributed by atoms with Gasteiger partial charge in [-0.15, -0.1) is 0 Å². The maximum Gasteiger partial charge on any atom is 0.220 e. The first-order valence-electron chi connectivity index (χ1n) is 7.84. The molecular formula is C19H20N2O3. The number of benzene rings is 2. The van der Waals surface area contributed by atoms with E-state index in [2.05, 4.69) is 4.98 Å². The lowest BCUT2D eigenvalue weighted by Crippen LogP contribution is -2.10. The van der Waals surface area contributed by atoms with Crippen molar-refractivity contribution in [3.8, 4) is 17.0 Å². The number of rotatable bonds is 8. The molecule has 0 saturated carbocycles. The summed E-state index contributed by atoms with van der Waals surface area (Å²) in [7, 11) is 0. The van der Waals surface area contributed by atoms with Crippen molar-refractivity contribution in [3.63, 3.8) is 0 Å². The van der Waals surface area contributed by atoms with Crippen LogP contribution in [0.15, 0.2) is 65.3 Å². The zero-order valence-corrected chi connectivity index (χ0v) is 13.4. The molecule has 124 valence electrons. The average molecular weight is 324 g/mol. The molecule has 5 nitrogen and oxygen atoms in total. The van der Waals surface area contributed by atoms with Gasteiger partial charge in [0.15, 0.2) is 0 Å². The molecule has 0 saturated heterocycles. The van der Waals surface area contributed by atoms with E-state index in [0.29, 0.717) is 32.3 Å². The Kier molecular flexibility index (Phi) is 5.61. The maximum absolute atomic E-state index is 5.63. The Bertz CT molecular complexity index is 739. The first-order chi connectivity index (χ1) is 11.8. The highest BCUT2D eigenvalue weighted by Crippen LogP contribution is 2.22. The van der Waals surface area contributed by atoms with Crippen molar-refractivity contribution < 1.29 is 13.9 Å². The van der Waals surface area contributed by atoms with Crippen molar-refractivity contribution in [2.24, 2.45) is 5.73 Å². The van der Waals surface area contributed by atoms with Crippen LogP contribution in [0.4, 0.5) is 0 Å². The number of hydrogen-bond acceptors (Lipinski definition) is 5. The largest absolute Gasteiger partial charge is 0.492 e. The molecule has 1 heterocycles. The Balaban J connectivity index is 1.55. The summed E-state index contributed by atoms with van der Waals surface area (Å²) < 4.78 is 16.6. The zero-order chi connectivity index (χ0) is 16.6. The van der Waals surface area contributed by atoms with Crippen molar-refractivity contribution in [2.45, 2.75) is 13.2 Å². The molecule has 0 atom stereocenters. The van der Waals surface area contributed by atoms with Gasteiger partial charge in [-0.3, -0.25) is 0 Å². The standard InChI is InChI=1S/C19H20N2O3/c20-10-11-23-17-8-6-16(7-9-17)18-13-24-19(21-18)14-22-12-15-4-2-1-3-5-15/h1-9,13H,10-12,14,20H2. The predicted octanol–water partition coefficient (Wildman–Crippen LogP) is 3.40. The highest BCUT2D eigenvalue weighted by Gasteiger charge is 2.07. The van der Waals surface area contributed by atoms with Gasteiger partial charge in [-0.05, 0) is 29.8 Å². The van der Waals surface area contributed by atoms with Crippen molar-refractivity contribution >= 4 is 0 Å². The fourth-order valence-electron chi connectivity index (χ4n) is 2.24. The van der Waals surface area contributed by atoms with Crippen molar-refractivity contribution in [2.75, 3.05) is 13.2 Å². The first-order valence-corrected chi connectivity index (χ1v) is 7.84. The van der Waals surface area contributed by atoms with Gasteiger partial charge in [0.25, 0.3) is 0 Å². The Labute approximate surface area is 141 Å². The molecule has 1 aromatic heterocycles. The van der Waals surface area contributed by atoms with Gasteiger partial charge in [-0.25, -0.2) is 4.98 Å². The van der Waals surface area contributed by atoms with E-state index < -0.39 is 0 Å². The lowest BCUT2D eigenvalue weighted by atomic mass is 10.2. The van der Waals surface area contributed by atoms with E-state index in [4.69, 9.17) is 19.6 Å². The zero-order valence-electron chi connectivity index (χ0n) is 13.4. The van der Waals surface area contributed by atoms with Crippen LogP contribution in [0, 0.1) is 0 Å². The molecule has 0 aliphatic rings. The summed E-state index contributed by atoms with van der Waals surface area (Å²) in [6.07, 6.45) is 1.64. The van der Waals surface area contributed by atoms with Crippen LogP contribution in [-0.4, -0.2) is 18.1 Å². The van der Waals surface area contributed by atoms with Gasteiger partial charge in [0.05, 0.1) is 6.61 Å². The van der Waals surface area contributed by atoms with Gasteiger partial charge in [0.1, 0.15) is 30.9 Å². The fourth-order valence-corrected chi connectivity index (χ4v) is 2.24. The summed E-state index contributed by atoms with van der Waals surface area (Å²) in [5.41, 5.74) is 8.28. The van der Waals surface area contributed by atoms with Gasteiger partial charge in [0, 0.05) is 12.1 Å². The molecule has 2 aromatic carbocycles. The average Bonchev–Trinajstić information content (AvgIpc) is 3.10. The van der Waals surface area contributed by atoms with Crippen LogP contribution in [-0.2, 0) is 18.0 Å². The SMILES string of the molecule is NCCOc1ccc(-c2coc(COCc3ccccc3)n2)cc1. The van der Waals surface area contributed by atoms with E-state index in [1.165, 1.54) is 0 Å². The van der Waals surface area contributed by atoms with E-state index in [9.17, 15) is 0 Å². The van der Waals surface area contributed by atoms with Crippen molar-refractivity contribution in [1.82, 2.24) is 4.98 Å². The van der Waals surface area contributed by atoms with Crippen LogP contribution >= 0.6 is 0 Å². The normalized spacial score (nSPS) is 10.7. The number of ether oxygens (including phenoxy) is 2. The number of hydrogen-bond donors (Lipinski definition) is 1. The molecule has 2 N–H and O–H groups in total. The molecule has 24 heavy (non-hydrogen) atoms. The Morgan fingerprint density at radius 2 is 1.75 bits per heavy atom. The lowest BCUT2D eigenvalue weighted by molar-refractivity contribution is 0.0895. The van der Waals surface area contributed by atoms with Gasteiger partial charge < -0.3 is 19.6 Å². The second kappa shape index (κ2) is 8.29. The van der Waals surface area contributed by atoms with Gasteiger partial charge in [0.2, 0.25) is 5.89 Å². The molecule has 3 rings (SSSR count).